The van der Waals surface area contributed by atoms with Gasteiger partial charge in [0.05, 0.1) is 12.2 Å². The van der Waals surface area contributed by atoms with Gasteiger partial charge < -0.3 is 10.2 Å². The standard InChI is InChI=1S/C21H19N5O2/c1-25-13-14(12-23-25)18-21(15-6-2-3-7-16(15)24-20(21)28)9-11-26(18)19(27)17-8-4-5-10-22-17/h2-8,10,12-13,18H,9,11H2,1H3,(H,24,28)/t18-,21+/m0/s1. The highest BCUT2D eigenvalue weighted by Gasteiger charge is 2.59. The average molecular weight is 373 g/mol. The summed E-state index contributed by atoms with van der Waals surface area (Å²) >= 11 is 0. The molecule has 140 valence electrons. The SMILES string of the molecule is Cn1cc([C@@H]2N(C(=O)c3ccccn3)CC[C@]23C(=O)Nc2ccccc23)cn1. The minimum atomic E-state index is -0.829. The number of hydrogen-bond acceptors (Lipinski definition) is 4. The van der Waals surface area contributed by atoms with Gasteiger partial charge in [-0.25, -0.2) is 0 Å². The lowest BCUT2D eigenvalue weighted by atomic mass is 9.73. The van der Waals surface area contributed by atoms with Crippen LogP contribution in [0.4, 0.5) is 5.69 Å². The second kappa shape index (κ2) is 6.02. The van der Waals surface area contributed by atoms with Crippen molar-refractivity contribution in [3.8, 4) is 0 Å². The van der Waals surface area contributed by atoms with E-state index >= 15 is 0 Å². The van der Waals surface area contributed by atoms with E-state index in [0.717, 1.165) is 16.8 Å². The fraction of sp³-hybridized carbons (Fsp3) is 0.238. The molecule has 7 heteroatoms. The van der Waals surface area contributed by atoms with Crippen LogP contribution < -0.4 is 5.32 Å². The highest BCUT2D eigenvalue weighted by Crippen LogP contribution is 2.54. The first-order valence-corrected chi connectivity index (χ1v) is 9.23. The van der Waals surface area contributed by atoms with E-state index in [-0.39, 0.29) is 11.8 Å². The lowest BCUT2D eigenvalue weighted by molar-refractivity contribution is -0.121. The molecular weight excluding hydrogens is 354 g/mol. The Morgan fingerprint density at radius 1 is 1.21 bits per heavy atom. The van der Waals surface area contributed by atoms with Gasteiger partial charge in [0.2, 0.25) is 5.91 Å². The maximum Gasteiger partial charge on any atom is 0.273 e. The van der Waals surface area contributed by atoms with E-state index in [4.69, 9.17) is 0 Å². The van der Waals surface area contributed by atoms with Crippen LogP contribution in [0, 0.1) is 0 Å². The number of aromatic nitrogens is 3. The fourth-order valence-corrected chi connectivity index (χ4v) is 4.59. The van der Waals surface area contributed by atoms with Gasteiger partial charge in [-0.1, -0.05) is 24.3 Å². The van der Waals surface area contributed by atoms with Crippen molar-refractivity contribution in [1.82, 2.24) is 19.7 Å². The number of likely N-dealkylation sites (tertiary alicyclic amines) is 1. The predicted molar refractivity (Wildman–Crippen MR) is 103 cm³/mol. The number of para-hydroxylation sites is 1. The van der Waals surface area contributed by atoms with Crippen LogP contribution in [-0.2, 0) is 17.3 Å². The van der Waals surface area contributed by atoms with Gasteiger partial charge in [0.15, 0.2) is 0 Å². The van der Waals surface area contributed by atoms with E-state index in [9.17, 15) is 9.59 Å². The number of nitrogens with one attached hydrogen (secondary N) is 1. The molecule has 1 N–H and O–H groups in total. The van der Waals surface area contributed by atoms with E-state index in [2.05, 4.69) is 15.4 Å². The summed E-state index contributed by atoms with van der Waals surface area (Å²) in [6, 6.07) is 12.6. The van der Waals surface area contributed by atoms with E-state index < -0.39 is 11.5 Å². The Labute approximate surface area is 162 Å². The third-order valence-corrected chi connectivity index (χ3v) is 5.77. The number of rotatable bonds is 2. The topological polar surface area (TPSA) is 80.1 Å². The maximum absolute atomic E-state index is 13.3. The van der Waals surface area contributed by atoms with Crippen LogP contribution in [-0.4, -0.2) is 38.0 Å². The molecule has 7 nitrogen and oxygen atoms in total. The van der Waals surface area contributed by atoms with Crippen LogP contribution in [0.3, 0.4) is 0 Å². The van der Waals surface area contributed by atoms with Crippen molar-refractivity contribution in [1.29, 1.82) is 0 Å². The monoisotopic (exact) mass is 373 g/mol. The minimum absolute atomic E-state index is 0.0705. The van der Waals surface area contributed by atoms with Gasteiger partial charge >= 0.3 is 0 Å². The van der Waals surface area contributed by atoms with Crippen LogP contribution in [0.2, 0.25) is 0 Å². The zero-order valence-electron chi connectivity index (χ0n) is 15.4. The second-order valence-electron chi connectivity index (χ2n) is 7.28. The van der Waals surface area contributed by atoms with E-state index in [1.807, 2.05) is 37.5 Å². The number of benzene rings is 1. The van der Waals surface area contributed by atoms with Gasteiger partial charge in [-0.05, 0) is 30.2 Å². The van der Waals surface area contributed by atoms with E-state index in [0.29, 0.717) is 18.7 Å². The van der Waals surface area contributed by atoms with Crippen LogP contribution >= 0.6 is 0 Å². The molecule has 2 aromatic heterocycles. The number of hydrogen-bond donors (Lipinski definition) is 1. The summed E-state index contributed by atoms with van der Waals surface area (Å²) in [5.74, 6) is -0.248. The Balaban J connectivity index is 1.67. The number of carbonyl (C=O) groups is 2. The summed E-state index contributed by atoms with van der Waals surface area (Å²) in [6.45, 7) is 0.469. The van der Waals surface area contributed by atoms with Crippen molar-refractivity contribution in [3.63, 3.8) is 0 Å². The first-order chi connectivity index (χ1) is 13.6. The molecule has 1 saturated heterocycles. The van der Waals surface area contributed by atoms with Gasteiger partial charge in [0.25, 0.3) is 5.91 Å². The number of aryl methyl sites for hydroxylation is 1. The molecule has 0 unspecified atom stereocenters. The van der Waals surface area contributed by atoms with Crippen molar-refractivity contribution >= 4 is 17.5 Å². The molecule has 2 amide bonds. The number of carbonyl (C=O) groups excluding carboxylic acids is 2. The quantitative estimate of drug-likeness (QED) is 0.747. The number of anilines is 1. The van der Waals surface area contributed by atoms with Crippen molar-refractivity contribution in [2.45, 2.75) is 17.9 Å². The molecule has 2 atom stereocenters. The first kappa shape index (κ1) is 16.7. The van der Waals surface area contributed by atoms with Crippen molar-refractivity contribution in [2.24, 2.45) is 7.05 Å². The molecule has 0 bridgehead atoms. The van der Waals surface area contributed by atoms with E-state index in [1.54, 1.807) is 40.2 Å². The minimum Gasteiger partial charge on any atom is -0.329 e. The number of pyridine rings is 1. The summed E-state index contributed by atoms with van der Waals surface area (Å²) in [7, 11) is 1.83. The fourth-order valence-electron chi connectivity index (χ4n) is 4.59. The molecule has 2 aliphatic rings. The number of amides is 2. The highest BCUT2D eigenvalue weighted by atomic mass is 16.2. The summed E-state index contributed by atoms with van der Waals surface area (Å²) in [4.78, 5) is 32.5. The molecular formula is C21H19N5O2. The van der Waals surface area contributed by atoms with Gasteiger partial charge in [0.1, 0.15) is 11.1 Å². The molecule has 0 saturated carbocycles. The smallest absolute Gasteiger partial charge is 0.273 e. The lowest BCUT2D eigenvalue weighted by Gasteiger charge is -2.33. The molecule has 4 heterocycles. The summed E-state index contributed by atoms with van der Waals surface area (Å²) in [5, 5.41) is 7.31. The Morgan fingerprint density at radius 3 is 2.79 bits per heavy atom. The third kappa shape index (κ3) is 2.22. The zero-order valence-corrected chi connectivity index (χ0v) is 15.4. The van der Waals surface area contributed by atoms with Crippen molar-refractivity contribution in [3.05, 3.63) is 77.9 Å². The molecule has 1 fully saturated rings. The molecule has 0 aliphatic carbocycles. The average Bonchev–Trinajstić information content (AvgIpc) is 3.39. The Kier molecular flexibility index (Phi) is 3.58. The zero-order chi connectivity index (χ0) is 19.3. The van der Waals surface area contributed by atoms with Gasteiger partial charge in [-0.3, -0.25) is 19.3 Å². The molecule has 0 radical (unpaired) electrons. The van der Waals surface area contributed by atoms with Gasteiger partial charge in [-0.15, -0.1) is 0 Å². The number of fused-ring (bicyclic) bond motifs is 2. The molecule has 1 spiro atoms. The van der Waals surface area contributed by atoms with Crippen molar-refractivity contribution < 1.29 is 9.59 Å². The molecule has 2 aliphatic heterocycles. The highest BCUT2D eigenvalue weighted by molar-refractivity contribution is 6.08. The molecule has 3 aromatic rings. The largest absolute Gasteiger partial charge is 0.329 e. The van der Waals surface area contributed by atoms with Crippen LogP contribution in [0.15, 0.2) is 61.1 Å². The lowest BCUT2D eigenvalue weighted by Crippen LogP contribution is -2.42. The Bertz CT molecular complexity index is 1080. The molecule has 1 aromatic carbocycles. The van der Waals surface area contributed by atoms with Gasteiger partial charge in [-0.2, -0.15) is 5.10 Å². The Morgan fingerprint density at radius 2 is 2.04 bits per heavy atom. The maximum atomic E-state index is 13.3. The normalized spacial score (nSPS) is 23.1. The second-order valence-corrected chi connectivity index (χ2v) is 7.28. The van der Waals surface area contributed by atoms with E-state index in [1.165, 1.54) is 0 Å². The van der Waals surface area contributed by atoms with Crippen molar-refractivity contribution in [2.75, 3.05) is 11.9 Å². The van der Waals surface area contributed by atoms with Crippen LogP contribution in [0.25, 0.3) is 0 Å². The van der Waals surface area contributed by atoms with Crippen LogP contribution in [0.1, 0.15) is 34.1 Å². The molecule has 5 rings (SSSR count). The predicted octanol–water partition coefficient (Wildman–Crippen LogP) is 2.29. The van der Waals surface area contributed by atoms with Gasteiger partial charge in [0, 0.05) is 37.2 Å². The summed E-state index contributed by atoms with van der Waals surface area (Å²) in [6.07, 6.45) is 5.78. The summed E-state index contributed by atoms with van der Waals surface area (Å²) in [5.41, 5.74) is 2.14. The first-order valence-electron chi connectivity index (χ1n) is 9.23. The van der Waals surface area contributed by atoms with Crippen LogP contribution in [0.5, 0.6) is 0 Å². The third-order valence-electron chi connectivity index (χ3n) is 5.77. The molecule has 28 heavy (non-hydrogen) atoms. The number of nitrogens with zero attached hydrogens (tertiary/aromatic N) is 4. The summed E-state index contributed by atoms with van der Waals surface area (Å²) < 4.78 is 1.70. The Hall–Kier alpha value is -3.48.